The summed E-state index contributed by atoms with van der Waals surface area (Å²) >= 11 is 7.72. The Labute approximate surface area is 137 Å². The molecule has 1 N–H and O–H groups in total. The van der Waals surface area contributed by atoms with Crippen molar-refractivity contribution in [2.24, 2.45) is 5.92 Å². The Morgan fingerprint density at radius 2 is 1.81 bits per heavy atom. The molecule has 0 saturated heterocycles. The number of benzene rings is 1. The second-order valence-corrected chi connectivity index (χ2v) is 7.70. The van der Waals surface area contributed by atoms with E-state index in [-0.39, 0.29) is 0 Å². The highest BCUT2D eigenvalue weighted by molar-refractivity contribution is 7.16. The first-order valence-electron chi connectivity index (χ1n) is 7.65. The van der Waals surface area contributed by atoms with E-state index < -0.39 is 0 Å². The summed E-state index contributed by atoms with van der Waals surface area (Å²) in [6, 6.07) is 15.0. The third-order valence-corrected chi connectivity index (χ3v) is 4.87. The van der Waals surface area contributed by atoms with E-state index in [2.05, 4.69) is 55.6 Å². The maximum atomic E-state index is 6.02. The molecule has 0 aliphatic heterocycles. The minimum atomic E-state index is 0.561. The molecule has 0 fully saturated rings. The van der Waals surface area contributed by atoms with Crippen molar-refractivity contribution in [3.8, 4) is 0 Å². The number of rotatable bonds is 8. The van der Waals surface area contributed by atoms with Crippen molar-refractivity contribution < 1.29 is 0 Å². The summed E-state index contributed by atoms with van der Waals surface area (Å²) in [6.45, 7) is 6.62. The lowest BCUT2D eigenvalue weighted by Gasteiger charge is -2.19. The van der Waals surface area contributed by atoms with Crippen LogP contribution in [0.5, 0.6) is 0 Å². The van der Waals surface area contributed by atoms with Crippen LogP contribution in [0.4, 0.5) is 0 Å². The molecule has 1 aromatic carbocycles. The van der Waals surface area contributed by atoms with Crippen LogP contribution in [0.15, 0.2) is 42.5 Å². The second kappa shape index (κ2) is 8.57. The van der Waals surface area contributed by atoms with Gasteiger partial charge in [-0.3, -0.25) is 0 Å². The molecule has 0 aliphatic rings. The average molecular weight is 322 g/mol. The monoisotopic (exact) mass is 321 g/mol. The van der Waals surface area contributed by atoms with Crippen LogP contribution in [0.2, 0.25) is 4.34 Å². The van der Waals surface area contributed by atoms with Crippen LogP contribution in [-0.2, 0) is 6.42 Å². The van der Waals surface area contributed by atoms with Crippen LogP contribution in [0.1, 0.15) is 36.6 Å². The molecule has 2 aromatic rings. The molecular weight excluding hydrogens is 298 g/mol. The summed E-state index contributed by atoms with van der Waals surface area (Å²) in [5.74, 6) is 1.25. The fourth-order valence-corrected chi connectivity index (χ4v) is 3.56. The number of hydrogen-bond donors (Lipinski definition) is 1. The minimum absolute atomic E-state index is 0.561. The zero-order chi connectivity index (χ0) is 15.1. The fraction of sp³-hybridized carbons (Fsp3) is 0.444. The summed E-state index contributed by atoms with van der Waals surface area (Å²) in [7, 11) is 0. The number of aryl methyl sites for hydroxylation is 1. The molecule has 1 nitrogen and oxygen atoms in total. The van der Waals surface area contributed by atoms with Gasteiger partial charge >= 0.3 is 0 Å². The van der Waals surface area contributed by atoms with Crippen molar-refractivity contribution in [2.75, 3.05) is 13.1 Å². The fourth-order valence-electron chi connectivity index (χ4n) is 2.46. The first-order valence-corrected chi connectivity index (χ1v) is 8.84. The van der Waals surface area contributed by atoms with Gasteiger partial charge in [0.2, 0.25) is 0 Å². The number of nitrogens with one attached hydrogen (secondary N) is 1. The number of thiophene rings is 1. The quantitative estimate of drug-likeness (QED) is 0.689. The molecule has 114 valence electrons. The van der Waals surface area contributed by atoms with E-state index in [1.165, 1.54) is 10.4 Å². The van der Waals surface area contributed by atoms with Gasteiger partial charge in [-0.2, -0.15) is 0 Å². The molecule has 0 spiro atoms. The van der Waals surface area contributed by atoms with Crippen LogP contribution in [-0.4, -0.2) is 13.1 Å². The van der Waals surface area contributed by atoms with Crippen LogP contribution < -0.4 is 5.32 Å². The summed E-state index contributed by atoms with van der Waals surface area (Å²) in [5, 5.41) is 3.60. The topological polar surface area (TPSA) is 12.0 Å². The predicted octanol–water partition coefficient (Wildman–Crippen LogP) is 5.36. The molecule has 1 unspecified atom stereocenters. The first kappa shape index (κ1) is 16.5. The standard InChI is InChI=1S/C18H24ClNS/c1-14(2)12-20-13-16(15-6-4-3-5-7-15)8-9-17-10-11-18(19)21-17/h3-7,10-11,14,16,20H,8-9,12-13H2,1-2H3. The molecule has 0 bridgehead atoms. The zero-order valence-electron chi connectivity index (χ0n) is 12.8. The number of hydrogen-bond acceptors (Lipinski definition) is 2. The minimum Gasteiger partial charge on any atom is -0.316 e. The average Bonchev–Trinajstić information content (AvgIpc) is 2.89. The van der Waals surface area contributed by atoms with E-state index in [0.29, 0.717) is 11.8 Å². The molecule has 1 atom stereocenters. The normalized spacial score (nSPS) is 12.8. The van der Waals surface area contributed by atoms with Gasteiger partial charge in [-0.15, -0.1) is 11.3 Å². The largest absolute Gasteiger partial charge is 0.316 e. The van der Waals surface area contributed by atoms with Gasteiger partial charge in [-0.1, -0.05) is 55.8 Å². The summed E-state index contributed by atoms with van der Waals surface area (Å²) in [4.78, 5) is 1.38. The van der Waals surface area contributed by atoms with E-state index in [4.69, 9.17) is 11.6 Å². The van der Waals surface area contributed by atoms with Crippen LogP contribution in [0.3, 0.4) is 0 Å². The molecule has 1 heterocycles. The Balaban J connectivity index is 1.94. The van der Waals surface area contributed by atoms with Gasteiger partial charge in [0.15, 0.2) is 0 Å². The maximum Gasteiger partial charge on any atom is 0.0931 e. The van der Waals surface area contributed by atoms with Crippen LogP contribution >= 0.6 is 22.9 Å². The predicted molar refractivity (Wildman–Crippen MR) is 94.5 cm³/mol. The van der Waals surface area contributed by atoms with Crippen molar-refractivity contribution in [3.63, 3.8) is 0 Å². The van der Waals surface area contributed by atoms with Crippen molar-refractivity contribution in [1.29, 1.82) is 0 Å². The van der Waals surface area contributed by atoms with Crippen molar-refractivity contribution in [3.05, 3.63) is 57.2 Å². The molecule has 3 heteroatoms. The highest BCUT2D eigenvalue weighted by Gasteiger charge is 2.12. The van der Waals surface area contributed by atoms with E-state index >= 15 is 0 Å². The summed E-state index contributed by atoms with van der Waals surface area (Å²) in [5.41, 5.74) is 1.43. The van der Waals surface area contributed by atoms with Gasteiger partial charge in [0.25, 0.3) is 0 Å². The smallest absolute Gasteiger partial charge is 0.0931 e. The van der Waals surface area contributed by atoms with Gasteiger partial charge in [0.05, 0.1) is 4.34 Å². The van der Waals surface area contributed by atoms with Crippen LogP contribution in [0, 0.1) is 5.92 Å². The Morgan fingerprint density at radius 3 is 2.43 bits per heavy atom. The SMILES string of the molecule is CC(C)CNCC(CCc1ccc(Cl)s1)c1ccccc1. The van der Waals surface area contributed by atoms with Gasteiger partial charge in [0.1, 0.15) is 0 Å². The molecule has 0 saturated carbocycles. The molecule has 0 aliphatic carbocycles. The van der Waals surface area contributed by atoms with Gasteiger partial charge in [0, 0.05) is 11.4 Å². The summed E-state index contributed by atoms with van der Waals surface area (Å²) in [6.07, 6.45) is 2.26. The lowest BCUT2D eigenvalue weighted by molar-refractivity contribution is 0.501. The highest BCUT2D eigenvalue weighted by Crippen LogP contribution is 2.26. The molecule has 21 heavy (non-hydrogen) atoms. The van der Waals surface area contributed by atoms with Gasteiger partial charge < -0.3 is 5.32 Å². The zero-order valence-corrected chi connectivity index (χ0v) is 14.4. The Hall–Kier alpha value is -0.830. The second-order valence-electron chi connectivity index (χ2n) is 5.90. The third kappa shape index (κ3) is 5.82. The summed E-state index contributed by atoms with van der Waals surface area (Å²) < 4.78 is 0.888. The highest BCUT2D eigenvalue weighted by atomic mass is 35.5. The maximum absolute atomic E-state index is 6.02. The lowest BCUT2D eigenvalue weighted by Crippen LogP contribution is -2.25. The molecule has 0 amide bonds. The Morgan fingerprint density at radius 1 is 1.05 bits per heavy atom. The Bertz CT molecular complexity index is 521. The van der Waals surface area contributed by atoms with E-state index in [1.54, 1.807) is 11.3 Å². The molecule has 1 aromatic heterocycles. The first-order chi connectivity index (χ1) is 10.1. The van der Waals surface area contributed by atoms with E-state index in [9.17, 15) is 0 Å². The van der Waals surface area contributed by atoms with Crippen molar-refractivity contribution >= 4 is 22.9 Å². The third-order valence-electron chi connectivity index (χ3n) is 3.58. The Kier molecular flexibility index (Phi) is 6.75. The van der Waals surface area contributed by atoms with Gasteiger partial charge in [-0.05, 0) is 48.9 Å². The lowest BCUT2D eigenvalue weighted by atomic mass is 9.93. The van der Waals surface area contributed by atoms with Crippen molar-refractivity contribution in [1.82, 2.24) is 5.32 Å². The van der Waals surface area contributed by atoms with E-state index in [1.807, 2.05) is 6.07 Å². The number of halogens is 1. The van der Waals surface area contributed by atoms with E-state index in [0.717, 1.165) is 30.3 Å². The van der Waals surface area contributed by atoms with Gasteiger partial charge in [-0.25, -0.2) is 0 Å². The van der Waals surface area contributed by atoms with Crippen LogP contribution in [0.25, 0.3) is 0 Å². The molecule has 2 rings (SSSR count). The molecular formula is C18H24ClNS. The van der Waals surface area contributed by atoms with Crippen molar-refractivity contribution in [2.45, 2.75) is 32.6 Å². The molecule has 0 radical (unpaired) electrons.